The van der Waals surface area contributed by atoms with Crippen LogP contribution in [0.3, 0.4) is 0 Å². The summed E-state index contributed by atoms with van der Waals surface area (Å²) in [4.78, 5) is 11.1. The Labute approximate surface area is 97.6 Å². The molecule has 0 aliphatic rings. The van der Waals surface area contributed by atoms with Crippen LogP contribution in [-0.4, -0.2) is 11.7 Å². The Bertz CT molecular complexity index is 341. The fourth-order valence-corrected chi connectivity index (χ4v) is 1.65. The lowest BCUT2D eigenvalue weighted by Gasteiger charge is -2.09. The predicted molar refractivity (Wildman–Crippen MR) is 66.0 cm³/mol. The van der Waals surface area contributed by atoms with Gasteiger partial charge in [-0.05, 0) is 30.2 Å². The second-order valence-corrected chi connectivity index (χ2v) is 4.09. The molecule has 0 aromatic heterocycles. The van der Waals surface area contributed by atoms with Crippen LogP contribution in [0.5, 0.6) is 0 Å². The normalized spacial score (nSPS) is 9.93. The van der Waals surface area contributed by atoms with E-state index < -0.39 is 0 Å². The maximum atomic E-state index is 11.1. The van der Waals surface area contributed by atoms with Crippen molar-refractivity contribution in [3.8, 4) is 0 Å². The van der Waals surface area contributed by atoms with E-state index in [1.165, 1.54) is 0 Å². The van der Waals surface area contributed by atoms with Crippen LogP contribution in [0.4, 0.5) is 5.69 Å². The smallest absolute Gasteiger partial charge is 0.234 e. The fraction of sp³-hybridized carbons (Fsp3) is 0.300. The first-order valence-electron chi connectivity index (χ1n) is 4.36. The Balaban J connectivity index is 2.90. The van der Waals surface area contributed by atoms with Crippen LogP contribution in [0.25, 0.3) is 0 Å². The predicted octanol–water partition coefficient (Wildman–Crippen LogP) is 2.88. The van der Waals surface area contributed by atoms with Crippen molar-refractivity contribution in [3.63, 3.8) is 0 Å². The summed E-state index contributed by atoms with van der Waals surface area (Å²) >= 11 is 7.30. The topological polar surface area (TPSA) is 29.1 Å². The first-order valence-corrected chi connectivity index (χ1v) is 5.79. The van der Waals surface area contributed by atoms with Crippen LogP contribution in [0, 0.1) is 0 Å². The van der Waals surface area contributed by atoms with Crippen LogP contribution in [-0.2, 0) is 11.2 Å². The molecule has 1 rings (SSSR count). The van der Waals surface area contributed by atoms with Crippen molar-refractivity contribution >= 4 is 40.2 Å². The van der Waals surface area contributed by atoms with E-state index in [4.69, 9.17) is 0 Å². The highest BCUT2D eigenvalue weighted by atomic mass is 79.9. The Kier molecular flexibility index (Phi) is 4.48. The number of benzene rings is 1. The number of thiol groups is 1. The third kappa shape index (κ3) is 3.03. The summed E-state index contributed by atoms with van der Waals surface area (Å²) in [5, 5.41) is 2.80. The Hall–Kier alpha value is -0.480. The van der Waals surface area contributed by atoms with Gasteiger partial charge in [-0.3, -0.25) is 4.79 Å². The Morgan fingerprint density at radius 3 is 2.86 bits per heavy atom. The van der Waals surface area contributed by atoms with Gasteiger partial charge in [0.05, 0.1) is 5.75 Å². The summed E-state index contributed by atoms with van der Waals surface area (Å²) < 4.78 is 1.03. The lowest BCUT2D eigenvalue weighted by atomic mass is 10.1. The van der Waals surface area contributed by atoms with Crippen molar-refractivity contribution in [1.29, 1.82) is 0 Å². The number of carbonyl (C=O) groups is 1. The standard InChI is InChI=1S/C10H12BrNOS/c1-2-7-5-8(11)3-4-9(7)12-10(13)6-14/h3-5,14H,2,6H2,1H3,(H,12,13). The number of amides is 1. The van der Waals surface area contributed by atoms with Gasteiger partial charge in [0.15, 0.2) is 0 Å². The maximum Gasteiger partial charge on any atom is 0.234 e. The van der Waals surface area contributed by atoms with Gasteiger partial charge in [-0.2, -0.15) is 12.6 Å². The van der Waals surface area contributed by atoms with E-state index >= 15 is 0 Å². The SMILES string of the molecule is CCc1cc(Br)ccc1NC(=O)CS. The van der Waals surface area contributed by atoms with Gasteiger partial charge in [0.2, 0.25) is 5.91 Å². The van der Waals surface area contributed by atoms with Gasteiger partial charge in [0.25, 0.3) is 0 Å². The zero-order valence-electron chi connectivity index (χ0n) is 7.88. The van der Waals surface area contributed by atoms with E-state index in [0.29, 0.717) is 0 Å². The summed E-state index contributed by atoms with van der Waals surface area (Å²) in [6.07, 6.45) is 0.891. The molecule has 0 aliphatic heterocycles. The molecular weight excluding hydrogens is 262 g/mol. The maximum absolute atomic E-state index is 11.1. The molecule has 76 valence electrons. The molecule has 1 aromatic rings. The molecule has 0 saturated carbocycles. The molecule has 0 fully saturated rings. The van der Waals surface area contributed by atoms with Crippen molar-refractivity contribution < 1.29 is 4.79 Å². The second-order valence-electron chi connectivity index (χ2n) is 2.86. The van der Waals surface area contributed by atoms with E-state index in [-0.39, 0.29) is 11.7 Å². The van der Waals surface area contributed by atoms with Crippen LogP contribution in [0.1, 0.15) is 12.5 Å². The molecule has 1 aromatic carbocycles. The molecule has 0 aliphatic carbocycles. The molecule has 0 unspecified atom stereocenters. The molecule has 2 nitrogen and oxygen atoms in total. The number of nitrogens with one attached hydrogen (secondary N) is 1. The minimum atomic E-state index is -0.0784. The van der Waals surface area contributed by atoms with E-state index in [1.807, 2.05) is 18.2 Å². The molecule has 14 heavy (non-hydrogen) atoms. The van der Waals surface area contributed by atoms with E-state index in [9.17, 15) is 4.79 Å². The van der Waals surface area contributed by atoms with Gasteiger partial charge in [-0.15, -0.1) is 0 Å². The molecule has 1 amide bonds. The lowest BCUT2D eigenvalue weighted by molar-refractivity contribution is -0.113. The molecule has 0 radical (unpaired) electrons. The van der Waals surface area contributed by atoms with E-state index in [0.717, 1.165) is 22.1 Å². The third-order valence-corrected chi connectivity index (χ3v) is 2.65. The van der Waals surface area contributed by atoms with Crippen LogP contribution >= 0.6 is 28.6 Å². The highest BCUT2D eigenvalue weighted by molar-refractivity contribution is 9.10. The van der Waals surface area contributed by atoms with Gasteiger partial charge in [-0.1, -0.05) is 22.9 Å². The monoisotopic (exact) mass is 273 g/mol. The molecule has 0 heterocycles. The van der Waals surface area contributed by atoms with Crippen molar-refractivity contribution in [2.24, 2.45) is 0 Å². The van der Waals surface area contributed by atoms with Crippen molar-refractivity contribution in [3.05, 3.63) is 28.2 Å². The number of aryl methyl sites for hydroxylation is 1. The van der Waals surface area contributed by atoms with Gasteiger partial charge >= 0.3 is 0 Å². The minimum Gasteiger partial charge on any atom is -0.325 e. The van der Waals surface area contributed by atoms with Crippen molar-refractivity contribution in [2.75, 3.05) is 11.1 Å². The molecule has 0 bridgehead atoms. The number of carbonyl (C=O) groups excluding carboxylic acids is 1. The summed E-state index contributed by atoms with van der Waals surface area (Å²) in [5.74, 6) is 0.129. The number of halogens is 1. The molecule has 0 spiro atoms. The quantitative estimate of drug-likeness (QED) is 0.815. The first-order chi connectivity index (χ1) is 6.67. The molecule has 4 heteroatoms. The summed E-state index contributed by atoms with van der Waals surface area (Å²) in [6.45, 7) is 2.05. The number of rotatable bonds is 3. The second kappa shape index (κ2) is 5.41. The van der Waals surface area contributed by atoms with Crippen molar-refractivity contribution in [1.82, 2.24) is 0 Å². The zero-order chi connectivity index (χ0) is 10.6. The largest absolute Gasteiger partial charge is 0.325 e. The fourth-order valence-electron chi connectivity index (χ4n) is 1.17. The molecular formula is C10H12BrNOS. The van der Waals surface area contributed by atoms with Crippen LogP contribution in [0.15, 0.2) is 22.7 Å². The summed E-state index contributed by atoms with van der Waals surface area (Å²) in [5.41, 5.74) is 1.99. The average molecular weight is 274 g/mol. The van der Waals surface area contributed by atoms with Gasteiger partial charge in [-0.25, -0.2) is 0 Å². The van der Waals surface area contributed by atoms with E-state index in [1.54, 1.807) is 0 Å². The average Bonchev–Trinajstić information content (AvgIpc) is 2.20. The summed E-state index contributed by atoms with van der Waals surface area (Å²) in [6, 6.07) is 5.81. The Morgan fingerprint density at radius 1 is 1.57 bits per heavy atom. The third-order valence-electron chi connectivity index (χ3n) is 1.87. The van der Waals surface area contributed by atoms with Gasteiger partial charge in [0, 0.05) is 10.2 Å². The van der Waals surface area contributed by atoms with Crippen molar-refractivity contribution in [2.45, 2.75) is 13.3 Å². The van der Waals surface area contributed by atoms with Crippen LogP contribution < -0.4 is 5.32 Å². The minimum absolute atomic E-state index is 0.0784. The summed E-state index contributed by atoms with van der Waals surface area (Å²) in [7, 11) is 0. The molecule has 0 saturated heterocycles. The number of hydrogen-bond donors (Lipinski definition) is 2. The lowest BCUT2D eigenvalue weighted by Crippen LogP contribution is -2.13. The van der Waals surface area contributed by atoms with E-state index in [2.05, 4.69) is 40.8 Å². The zero-order valence-corrected chi connectivity index (χ0v) is 10.4. The highest BCUT2D eigenvalue weighted by Crippen LogP contribution is 2.21. The Morgan fingerprint density at radius 2 is 2.29 bits per heavy atom. The molecule has 0 atom stereocenters. The van der Waals surface area contributed by atoms with Crippen LogP contribution in [0.2, 0.25) is 0 Å². The molecule has 1 N–H and O–H groups in total. The first kappa shape index (κ1) is 11.6. The highest BCUT2D eigenvalue weighted by Gasteiger charge is 2.04. The number of hydrogen-bond acceptors (Lipinski definition) is 2. The van der Waals surface area contributed by atoms with Gasteiger partial charge < -0.3 is 5.32 Å². The number of anilines is 1. The van der Waals surface area contributed by atoms with Gasteiger partial charge in [0.1, 0.15) is 0 Å².